The Kier molecular flexibility index (Phi) is 5.04. The molecule has 2 rings (SSSR count). The van der Waals surface area contributed by atoms with Crippen molar-refractivity contribution in [3.05, 3.63) is 35.1 Å². The summed E-state index contributed by atoms with van der Waals surface area (Å²) in [5, 5.41) is 9.18. The lowest BCUT2D eigenvalue weighted by Crippen LogP contribution is -2.48. The second kappa shape index (κ2) is 6.58. The highest BCUT2D eigenvalue weighted by Crippen LogP contribution is 2.17. The molecular formula is C14H19FN2O2S. The van der Waals surface area contributed by atoms with Gasteiger partial charge in [0.15, 0.2) is 0 Å². The average molecular weight is 298 g/mol. The van der Waals surface area contributed by atoms with Crippen LogP contribution < -0.4 is 5.73 Å². The van der Waals surface area contributed by atoms with E-state index in [-0.39, 0.29) is 29.3 Å². The number of aliphatic hydroxyl groups excluding tert-OH is 1. The molecule has 0 aromatic heterocycles. The fourth-order valence-corrected chi connectivity index (χ4v) is 2.46. The van der Waals surface area contributed by atoms with E-state index < -0.39 is 5.82 Å². The fraction of sp³-hybridized carbons (Fsp3) is 0.500. The number of nitrogens with two attached hydrogens (primary N) is 1. The van der Waals surface area contributed by atoms with Gasteiger partial charge in [-0.05, 0) is 24.6 Å². The number of hydrogen-bond acceptors (Lipinski definition) is 4. The molecule has 0 radical (unpaired) electrons. The molecule has 1 heterocycles. The average Bonchev–Trinajstić information content (AvgIpc) is 2.43. The van der Waals surface area contributed by atoms with Crippen LogP contribution in [0.1, 0.15) is 18.1 Å². The molecule has 1 fully saturated rings. The maximum atomic E-state index is 13.6. The third-order valence-corrected chi connectivity index (χ3v) is 3.74. The van der Waals surface area contributed by atoms with E-state index in [2.05, 4.69) is 11.8 Å². The smallest absolute Gasteiger partial charge is 0.133 e. The van der Waals surface area contributed by atoms with E-state index >= 15 is 0 Å². The lowest BCUT2D eigenvalue weighted by atomic mass is 10.1. The molecule has 1 aliphatic heterocycles. The maximum absolute atomic E-state index is 13.6. The van der Waals surface area contributed by atoms with E-state index in [4.69, 9.17) is 22.7 Å². The van der Waals surface area contributed by atoms with Crippen molar-refractivity contribution in [2.45, 2.75) is 25.6 Å². The third-order valence-electron chi connectivity index (χ3n) is 3.52. The van der Waals surface area contributed by atoms with E-state index in [0.29, 0.717) is 19.7 Å². The first-order valence-electron chi connectivity index (χ1n) is 6.56. The Morgan fingerprint density at radius 3 is 3.00 bits per heavy atom. The van der Waals surface area contributed by atoms with Crippen LogP contribution in [0.5, 0.6) is 0 Å². The molecule has 110 valence electrons. The quantitative estimate of drug-likeness (QED) is 0.814. The second-order valence-corrected chi connectivity index (χ2v) is 5.53. The van der Waals surface area contributed by atoms with Gasteiger partial charge in [0.1, 0.15) is 10.8 Å². The van der Waals surface area contributed by atoms with Crippen LogP contribution in [-0.2, 0) is 11.3 Å². The molecule has 1 saturated heterocycles. The van der Waals surface area contributed by atoms with Crippen molar-refractivity contribution in [2.75, 3.05) is 19.8 Å². The Hall–Kier alpha value is -1.08. The molecule has 4 nitrogen and oxygen atoms in total. The van der Waals surface area contributed by atoms with Crippen LogP contribution >= 0.6 is 12.2 Å². The second-order valence-electron chi connectivity index (χ2n) is 5.09. The van der Waals surface area contributed by atoms with Crippen molar-refractivity contribution in [3.8, 4) is 0 Å². The molecule has 2 atom stereocenters. The summed E-state index contributed by atoms with van der Waals surface area (Å²) >= 11 is 4.85. The van der Waals surface area contributed by atoms with E-state index in [9.17, 15) is 9.50 Å². The Balaban J connectivity index is 2.12. The van der Waals surface area contributed by atoms with Crippen molar-refractivity contribution in [3.63, 3.8) is 0 Å². The van der Waals surface area contributed by atoms with Crippen molar-refractivity contribution < 1.29 is 14.2 Å². The molecule has 2 unspecified atom stereocenters. The predicted octanol–water partition coefficient (Wildman–Crippen LogP) is 1.04. The Morgan fingerprint density at radius 2 is 2.35 bits per heavy atom. The molecule has 1 aromatic rings. The minimum Gasteiger partial charge on any atom is -0.394 e. The molecule has 20 heavy (non-hydrogen) atoms. The number of halogens is 1. The molecule has 0 spiro atoms. The van der Waals surface area contributed by atoms with Crippen LogP contribution in [-0.4, -0.2) is 46.9 Å². The predicted molar refractivity (Wildman–Crippen MR) is 79.0 cm³/mol. The highest BCUT2D eigenvalue weighted by atomic mass is 32.1. The molecule has 6 heteroatoms. The first-order valence-corrected chi connectivity index (χ1v) is 6.96. The minimum atomic E-state index is -0.399. The van der Waals surface area contributed by atoms with E-state index in [1.807, 2.05) is 0 Å². The Morgan fingerprint density at radius 1 is 1.60 bits per heavy atom. The maximum Gasteiger partial charge on any atom is 0.133 e. The minimum absolute atomic E-state index is 0.00474. The van der Waals surface area contributed by atoms with Crippen LogP contribution in [0.25, 0.3) is 0 Å². The first-order chi connectivity index (χ1) is 9.51. The zero-order valence-corrected chi connectivity index (χ0v) is 12.2. The zero-order valence-electron chi connectivity index (χ0n) is 11.4. The van der Waals surface area contributed by atoms with Gasteiger partial charge in [-0.2, -0.15) is 0 Å². The first kappa shape index (κ1) is 15.3. The van der Waals surface area contributed by atoms with Crippen LogP contribution in [0.3, 0.4) is 0 Å². The van der Waals surface area contributed by atoms with E-state index in [1.165, 1.54) is 6.07 Å². The fourth-order valence-electron chi connectivity index (χ4n) is 2.30. The Bertz CT molecular complexity index is 498. The normalized spacial score (nSPS) is 23.8. The molecule has 0 bridgehead atoms. The highest BCUT2D eigenvalue weighted by molar-refractivity contribution is 7.80. The SMILES string of the molecule is CC1COC(CO)CN1Cc1ccc(F)c(C(N)=S)c1. The van der Waals surface area contributed by atoms with Gasteiger partial charge in [-0.1, -0.05) is 18.3 Å². The molecule has 0 aliphatic carbocycles. The number of ether oxygens (including phenoxy) is 1. The van der Waals surface area contributed by atoms with Gasteiger partial charge in [-0.15, -0.1) is 0 Å². The van der Waals surface area contributed by atoms with Gasteiger partial charge in [0.25, 0.3) is 0 Å². The Labute approximate surface area is 123 Å². The number of aliphatic hydroxyl groups is 1. The number of morpholine rings is 1. The van der Waals surface area contributed by atoms with Gasteiger partial charge < -0.3 is 15.6 Å². The summed E-state index contributed by atoms with van der Waals surface area (Å²) in [7, 11) is 0. The van der Waals surface area contributed by atoms with Crippen molar-refractivity contribution in [2.24, 2.45) is 5.73 Å². The standard InChI is InChI=1S/C14H19FN2O2S/c1-9-8-19-11(7-18)6-17(9)5-10-2-3-13(15)12(4-10)14(16)20/h2-4,9,11,18H,5-8H2,1H3,(H2,16,20). The van der Waals surface area contributed by atoms with Gasteiger partial charge >= 0.3 is 0 Å². The monoisotopic (exact) mass is 298 g/mol. The number of hydrogen-bond donors (Lipinski definition) is 2. The molecule has 3 N–H and O–H groups in total. The van der Waals surface area contributed by atoms with Gasteiger partial charge in [-0.3, -0.25) is 4.90 Å². The number of rotatable bonds is 4. The molecular weight excluding hydrogens is 279 g/mol. The van der Waals surface area contributed by atoms with Gasteiger partial charge in [0, 0.05) is 24.7 Å². The van der Waals surface area contributed by atoms with Crippen LogP contribution in [0.15, 0.2) is 18.2 Å². The van der Waals surface area contributed by atoms with E-state index in [0.717, 1.165) is 5.56 Å². The summed E-state index contributed by atoms with van der Waals surface area (Å²) < 4.78 is 19.1. The summed E-state index contributed by atoms with van der Waals surface area (Å²) in [6.07, 6.45) is -0.165. The van der Waals surface area contributed by atoms with Crippen LogP contribution in [0, 0.1) is 5.82 Å². The topological polar surface area (TPSA) is 58.7 Å². The number of nitrogens with zero attached hydrogens (tertiary/aromatic N) is 1. The highest BCUT2D eigenvalue weighted by Gasteiger charge is 2.25. The van der Waals surface area contributed by atoms with E-state index in [1.54, 1.807) is 12.1 Å². The molecule has 0 amide bonds. The molecule has 0 saturated carbocycles. The molecule has 1 aromatic carbocycles. The summed E-state index contributed by atoms with van der Waals surface area (Å²) in [6.45, 7) is 3.94. The summed E-state index contributed by atoms with van der Waals surface area (Å²) in [5.74, 6) is -0.399. The van der Waals surface area contributed by atoms with Gasteiger partial charge in [0.05, 0.1) is 19.3 Å². The van der Waals surface area contributed by atoms with Crippen LogP contribution in [0.2, 0.25) is 0 Å². The lowest BCUT2D eigenvalue weighted by molar-refractivity contribution is -0.0805. The largest absolute Gasteiger partial charge is 0.394 e. The zero-order chi connectivity index (χ0) is 14.7. The van der Waals surface area contributed by atoms with Gasteiger partial charge in [-0.25, -0.2) is 4.39 Å². The molecule has 1 aliphatic rings. The lowest BCUT2D eigenvalue weighted by Gasteiger charge is -2.37. The van der Waals surface area contributed by atoms with Crippen molar-refractivity contribution >= 4 is 17.2 Å². The third kappa shape index (κ3) is 3.52. The summed E-state index contributed by atoms with van der Waals surface area (Å²) in [6, 6.07) is 5.05. The van der Waals surface area contributed by atoms with Crippen LogP contribution in [0.4, 0.5) is 4.39 Å². The number of thiocarbonyl (C=S) groups is 1. The number of benzene rings is 1. The van der Waals surface area contributed by atoms with Crippen molar-refractivity contribution in [1.29, 1.82) is 0 Å². The summed E-state index contributed by atoms with van der Waals surface area (Å²) in [5.41, 5.74) is 6.73. The summed E-state index contributed by atoms with van der Waals surface area (Å²) in [4.78, 5) is 2.26. The van der Waals surface area contributed by atoms with Gasteiger partial charge in [0.2, 0.25) is 0 Å². The van der Waals surface area contributed by atoms with Crippen molar-refractivity contribution in [1.82, 2.24) is 4.90 Å².